The molecule has 0 atom stereocenters. The Labute approximate surface area is 171 Å². The van der Waals surface area contributed by atoms with Gasteiger partial charge >= 0.3 is 0 Å². The molecule has 1 heterocycles. The molecule has 0 fully saturated rings. The molecule has 3 rings (SSSR count). The summed E-state index contributed by atoms with van der Waals surface area (Å²) in [5.74, 6) is 0.433. The third-order valence-electron chi connectivity index (χ3n) is 4.86. The summed E-state index contributed by atoms with van der Waals surface area (Å²) in [4.78, 5) is 26.1. The average Bonchev–Trinajstić information content (AvgIpc) is 3.15. The number of ether oxygens (including phenoxy) is 1. The summed E-state index contributed by atoms with van der Waals surface area (Å²) in [5, 5.41) is 4.06. The van der Waals surface area contributed by atoms with Crippen LogP contribution in [0.2, 0.25) is 0 Å². The van der Waals surface area contributed by atoms with Crippen LogP contribution in [0.1, 0.15) is 20.3 Å². The molecular formula is C23H27N3O3. The second-order valence-electron chi connectivity index (χ2n) is 6.75. The van der Waals surface area contributed by atoms with Crippen molar-refractivity contribution < 1.29 is 14.3 Å². The van der Waals surface area contributed by atoms with Crippen molar-refractivity contribution in [3.8, 4) is 5.75 Å². The minimum atomic E-state index is -0.0702. The minimum absolute atomic E-state index is 0.0141. The van der Waals surface area contributed by atoms with Crippen molar-refractivity contribution in [3.63, 3.8) is 0 Å². The second-order valence-corrected chi connectivity index (χ2v) is 6.75. The molecule has 0 aliphatic carbocycles. The third kappa shape index (κ3) is 5.38. The first-order valence-electron chi connectivity index (χ1n) is 9.95. The lowest BCUT2D eigenvalue weighted by molar-refractivity contribution is -0.133. The van der Waals surface area contributed by atoms with E-state index in [-0.39, 0.29) is 18.4 Å². The van der Waals surface area contributed by atoms with Crippen molar-refractivity contribution in [2.24, 2.45) is 0 Å². The van der Waals surface area contributed by atoms with E-state index in [9.17, 15) is 9.59 Å². The van der Waals surface area contributed by atoms with Crippen molar-refractivity contribution in [2.45, 2.75) is 26.8 Å². The van der Waals surface area contributed by atoms with Crippen LogP contribution in [0.3, 0.4) is 0 Å². The van der Waals surface area contributed by atoms with E-state index >= 15 is 0 Å². The predicted octanol–water partition coefficient (Wildman–Crippen LogP) is 3.92. The van der Waals surface area contributed by atoms with E-state index in [4.69, 9.17) is 4.74 Å². The molecule has 152 valence electrons. The molecule has 0 radical (unpaired) electrons. The molecule has 6 nitrogen and oxygen atoms in total. The van der Waals surface area contributed by atoms with Crippen LogP contribution in [0.4, 0.5) is 5.69 Å². The molecule has 0 saturated carbocycles. The topological polar surface area (TPSA) is 63.6 Å². The lowest BCUT2D eigenvalue weighted by Gasteiger charge is -2.18. The Morgan fingerprint density at radius 1 is 1.03 bits per heavy atom. The first-order chi connectivity index (χ1) is 14.1. The second kappa shape index (κ2) is 9.78. The number of rotatable bonds is 9. The zero-order valence-corrected chi connectivity index (χ0v) is 16.9. The fourth-order valence-electron chi connectivity index (χ4n) is 3.26. The van der Waals surface area contributed by atoms with Crippen molar-refractivity contribution in [3.05, 3.63) is 60.8 Å². The number of hydrogen-bond donors (Lipinski definition) is 1. The van der Waals surface area contributed by atoms with Gasteiger partial charge < -0.3 is 19.5 Å². The molecular weight excluding hydrogens is 366 g/mol. The number of aryl methyl sites for hydroxylation is 1. The number of para-hydroxylation sites is 1. The number of benzene rings is 2. The molecule has 0 spiro atoms. The highest BCUT2D eigenvalue weighted by atomic mass is 16.5. The summed E-state index contributed by atoms with van der Waals surface area (Å²) in [6.07, 6.45) is 2.36. The first kappa shape index (κ1) is 20.5. The van der Waals surface area contributed by atoms with E-state index in [0.29, 0.717) is 37.5 Å². The standard InChI is InChI=1S/C23H27N3O3/c1-3-25(4-2)23(28)17-29-20-10-7-9-19(16-20)24-22(27)13-15-26-14-12-18-8-5-6-11-21(18)26/h5-12,14,16H,3-4,13,15,17H2,1-2H3,(H,24,27). The van der Waals surface area contributed by atoms with Gasteiger partial charge in [-0.1, -0.05) is 24.3 Å². The van der Waals surface area contributed by atoms with E-state index in [1.165, 1.54) is 0 Å². The summed E-state index contributed by atoms with van der Waals surface area (Å²) < 4.78 is 7.67. The highest BCUT2D eigenvalue weighted by molar-refractivity contribution is 5.91. The molecule has 29 heavy (non-hydrogen) atoms. The first-order valence-corrected chi connectivity index (χ1v) is 9.95. The Morgan fingerprint density at radius 3 is 2.62 bits per heavy atom. The van der Waals surface area contributed by atoms with Gasteiger partial charge in [-0.2, -0.15) is 0 Å². The van der Waals surface area contributed by atoms with Gasteiger partial charge in [0.25, 0.3) is 5.91 Å². The van der Waals surface area contributed by atoms with Crippen LogP contribution < -0.4 is 10.1 Å². The molecule has 0 aliphatic rings. The van der Waals surface area contributed by atoms with Crippen LogP contribution >= 0.6 is 0 Å². The maximum atomic E-state index is 12.4. The fourth-order valence-corrected chi connectivity index (χ4v) is 3.26. The molecule has 0 bridgehead atoms. The van der Waals surface area contributed by atoms with Gasteiger partial charge in [0.1, 0.15) is 5.75 Å². The van der Waals surface area contributed by atoms with Crippen LogP contribution in [0, 0.1) is 0 Å². The van der Waals surface area contributed by atoms with Crippen LogP contribution in [0.25, 0.3) is 10.9 Å². The van der Waals surface area contributed by atoms with Gasteiger partial charge in [0.2, 0.25) is 5.91 Å². The van der Waals surface area contributed by atoms with Gasteiger partial charge in [-0.15, -0.1) is 0 Å². The number of anilines is 1. The number of carbonyl (C=O) groups is 2. The normalized spacial score (nSPS) is 10.7. The Kier molecular flexibility index (Phi) is 6.89. The number of amides is 2. The Bertz CT molecular complexity index is 976. The van der Waals surface area contributed by atoms with Gasteiger partial charge in [-0.05, 0) is 43.5 Å². The molecule has 6 heteroatoms. The van der Waals surface area contributed by atoms with Crippen molar-refractivity contribution in [2.75, 3.05) is 25.0 Å². The molecule has 0 aliphatic heterocycles. The summed E-state index contributed by atoms with van der Waals surface area (Å²) >= 11 is 0. The molecule has 3 aromatic rings. The lowest BCUT2D eigenvalue weighted by atomic mass is 10.2. The minimum Gasteiger partial charge on any atom is -0.484 e. The number of likely N-dealkylation sites (N-methyl/N-ethyl adjacent to an activating group) is 1. The van der Waals surface area contributed by atoms with Crippen LogP contribution in [0.5, 0.6) is 5.75 Å². The molecule has 1 aromatic heterocycles. The maximum Gasteiger partial charge on any atom is 0.260 e. The molecule has 0 unspecified atom stereocenters. The van der Waals surface area contributed by atoms with E-state index in [2.05, 4.69) is 16.0 Å². The molecule has 0 saturated heterocycles. The maximum absolute atomic E-state index is 12.4. The number of carbonyl (C=O) groups excluding carboxylic acids is 2. The van der Waals surface area contributed by atoms with E-state index in [1.807, 2.05) is 50.4 Å². The van der Waals surface area contributed by atoms with Crippen LogP contribution in [0.15, 0.2) is 60.8 Å². The average molecular weight is 393 g/mol. The highest BCUT2D eigenvalue weighted by Gasteiger charge is 2.11. The van der Waals surface area contributed by atoms with E-state index < -0.39 is 0 Å². The number of aromatic nitrogens is 1. The van der Waals surface area contributed by atoms with E-state index in [0.717, 1.165) is 10.9 Å². The van der Waals surface area contributed by atoms with E-state index in [1.54, 1.807) is 23.1 Å². The smallest absolute Gasteiger partial charge is 0.260 e. The van der Waals surface area contributed by atoms with Crippen molar-refractivity contribution in [1.29, 1.82) is 0 Å². The number of nitrogens with zero attached hydrogens (tertiary/aromatic N) is 2. The fraction of sp³-hybridized carbons (Fsp3) is 0.304. The monoisotopic (exact) mass is 393 g/mol. The summed E-state index contributed by atoms with van der Waals surface area (Å²) in [5.41, 5.74) is 1.77. The molecule has 2 amide bonds. The van der Waals surface area contributed by atoms with Crippen molar-refractivity contribution >= 4 is 28.4 Å². The van der Waals surface area contributed by atoms with Crippen molar-refractivity contribution in [1.82, 2.24) is 9.47 Å². The quantitative estimate of drug-likeness (QED) is 0.599. The summed E-state index contributed by atoms with van der Waals surface area (Å²) in [6, 6.07) is 17.3. The summed E-state index contributed by atoms with van der Waals surface area (Å²) in [6.45, 7) is 5.78. The number of hydrogen-bond acceptors (Lipinski definition) is 3. The van der Waals surface area contributed by atoms with Gasteiger partial charge in [0, 0.05) is 49.5 Å². The Hall–Kier alpha value is -3.28. The number of nitrogens with one attached hydrogen (secondary N) is 1. The largest absolute Gasteiger partial charge is 0.484 e. The SMILES string of the molecule is CCN(CC)C(=O)COc1cccc(NC(=O)CCn2ccc3ccccc32)c1. The van der Waals surface area contributed by atoms with Crippen LogP contribution in [-0.4, -0.2) is 41.0 Å². The van der Waals surface area contributed by atoms with Gasteiger partial charge in [-0.3, -0.25) is 9.59 Å². The van der Waals surface area contributed by atoms with Gasteiger partial charge in [-0.25, -0.2) is 0 Å². The molecule has 1 N–H and O–H groups in total. The Balaban J connectivity index is 1.53. The molecule has 2 aromatic carbocycles. The zero-order valence-electron chi connectivity index (χ0n) is 16.9. The Morgan fingerprint density at radius 2 is 1.83 bits per heavy atom. The predicted molar refractivity (Wildman–Crippen MR) is 115 cm³/mol. The van der Waals surface area contributed by atoms with Gasteiger partial charge in [0.15, 0.2) is 6.61 Å². The zero-order chi connectivity index (χ0) is 20.6. The number of fused-ring (bicyclic) bond motifs is 1. The summed E-state index contributed by atoms with van der Waals surface area (Å²) in [7, 11) is 0. The highest BCUT2D eigenvalue weighted by Crippen LogP contribution is 2.19. The van der Waals surface area contributed by atoms with Gasteiger partial charge in [0.05, 0.1) is 0 Å². The third-order valence-corrected chi connectivity index (χ3v) is 4.86. The lowest BCUT2D eigenvalue weighted by Crippen LogP contribution is -2.34. The van der Waals surface area contributed by atoms with Crippen LogP contribution in [-0.2, 0) is 16.1 Å².